The summed E-state index contributed by atoms with van der Waals surface area (Å²) in [6.45, 7) is 13.2. The Hall–Kier alpha value is -0.520. The minimum absolute atomic E-state index is 0.0693. The van der Waals surface area contributed by atoms with Crippen molar-refractivity contribution in [1.29, 1.82) is 0 Å². The molecule has 0 aromatic heterocycles. The Morgan fingerprint density at radius 1 is 1.29 bits per heavy atom. The normalized spacial score (nSPS) is 13.0. The van der Waals surface area contributed by atoms with Gasteiger partial charge in [0.1, 0.15) is 0 Å². The summed E-state index contributed by atoms with van der Waals surface area (Å²) in [6, 6.07) is 0. The van der Waals surface area contributed by atoms with Crippen molar-refractivity contribution in [2.24, 2.45) is 11.1 Å². The number of rotatable bonds is 5. The van der Waals surface area contributed by atoms with Crippen LogP contribution >= 0.6 is 0 Å². The number of nitrogens with two attached hydrogens (primary N) is 1. The van der Waals surface area contributed by atoms with Crippen molar-refractivity contribution in [2.45, 2.75) is 40.2 Å². The lowest BCUT2D eigenvalue weighted by atomic mass is 9.75. The van der Waals surface area contributed by atoms with Gasteiger partial charge in [0.25, 0.3) is 0 Å². The topological polar surface area (TPSA) is 29.3 Å². The molecule has 82 valence electrons. The van der Waals surface area contributed by atoms with E-state index in [1.165, 1.54) is 0 Å². The SMILES string of the molecule is C#CCN(CC)CC(C)(C)C(C)(C)N. The molecule has 0 aliphatic carbocycles. The Labute approximate surface area is 88.9 Å². The van der Waals surface area contributed by atoms with Gasteiger partial charge in [-0.2, -0.15) is 0 Å². The van der Waals surface area contributed by atoms with Gasteiger partial charge in [0.2, 0.25) is 0 Å². The molecule has 0 radical (unpaired) electrons. The molecule has 14 heavy (non-hydrogen) atoms. The summed E-state index contributed by atoms with van der Waals surface area (Å²) in [7, 11) is 0. The first kappa shape index (κ1) is 13.5. The molecule has 0 bridgehead atoms. The molecule has 0 atom stereocenters. The third-order valence-corrected chi connectivity index (χ3v) is 3.13. The maximum absolute atomic E-state index is 6.13. The van der Waals surface area contributed by atoms with Crippen LogP contribution in [0, 0.1) is 17.8 Å². The van der Waals surface area contributed by atoms with Crippen LogP contribution in [0.2, 0.25) is 0 Å². The Morgan fingerprint density at radius 2 is 1.79 bits per heavy atom. The molecule has 2 nitrogen and oxygen atoms in total. The van der Waals surface area contributed by atoms with Crippen LogP contribution in [0.4, 0.5) is 0 Å². The van der Waals surface area contributed by atoms with E-state index >= 15 is 0 Å². The van der Waals surface area contributed by atoms with Crippen LogP contribution in [0.25, 0.3) is 0 Å². The Morgan fingerprint density at radius 3 is 2.07 bits per heavy atom. The minimum atomic E-state index is -0.185. The van der Waals surface area contributed by atoms with Crippen LogP contribution in [0.3, 0.4) is 0 Å². The van der Waals surface area contributed by atoms with Gasteiger partial charge in [0.05, 0.1) is 6.54 Å². The van der Waals surface area contributed by atoms with E-state index in [9.17, 15) is 0 Å². The lowest BCUT2D eigenvalue weighted by Crippen LogP contribution is -2.53. The summed E-state index contributed by atoms with van der Waals surface area (Å²) in [5.41, 5.74) is 6.02. The predicted octanol–water partition coefficient (Wildman–Crippen LogP) is 1.71. The molecule has 0 saturated heterocycles. The molecule has 0 saturated carbocycles. The van der Waals surface area contributed by atoms with Gasteiger partial charge in [0.15, 0.2) is 0 Å². The van der Waals surface area contributed by atoms with Crippen molar-refractivity contribution in [3.8, 4) is 12.3 Å². The zero-order chi connectivity index (χ0) is 11.4. The van der Waals surface area contributed by atoms with Crippen LogP contribution in [-0.4, -0.2) is 30.1 Å². The summed E-state index contributed by atoms with van der Waals surface area (Å²) in [5.74, 6) is 2.68. The first-order valence-corrected chi connectivity index (χ1v) is 5.19. The Bertz CT molecular complexity index is 205. The maximum Gasteiger partial charge on any atom is 0.0599 e. The fraction of sp³-hybridized carbons (Fsp3) is 0.833. The Balaban J connectivity index is 4.41. The van der Waals surface area contributed by atoms with Crippen LogP contribution in [0.1, 0.15) is 34.6 Å². The van der Waals surface area contributed by atoms with Crippen LogP contribution in [0.5, 0.6) is 0 Å². The molecule has 0 heterocycles. The van der Waals surface area contributed by atoms with Gasteiger partial charge >= 0.3 is 0 Å². The standard InChI is InChI=1S/C12H24N2/c1-7-9-14(8-2)10-11(3,4)12(5,6)13/h1H,8-10,13H2,2-6H3. The highest BCUT2D eigenvalue weighted by Crippen LogP contribution is 2.28. The predicted molar refractivity (Wildman–Crippen MR) is 63.0 cm³/mol. The fourth-order valence-corrected chi connectivity index (χ4v) is 1.17. The van der Waals surface area contributed by atoms with E-state index < -0.39 is 0 Å². The molecule has 0 aromatic carbocycles. The summed E-state index contributed by atoms with van der Waals surface area (Å²) < 4.78 is 0. The zero-order valence-electron chi connectivity index (χ0n) is 10.2. The van der Waals surface area contributed by atoms with E-state index in [2.05, 4.69) is 45.4 Å². The fourth-order valence-electron chi connectivity index (χ4n) is 1.17. The lowest BCUT2D eigenvalue weighted by molar-refractivity contribution is 0.126. The number of hydrogen-bond acceptors (Lipinski definition) is 2. The van der Waals surface area contributed by atoms with Gasteiger partial charge in [-0.3, -0.25) is 4.90 Å². The molecule has 0 aliphatic rings. The first-order valence-electron chi connectivity index (χ1n) is 5.19. The molecule has 0 spiro atoms. The molecule has 0 unspecified atom stereocenters. The van der Waals surface area contributed by atoms with Crippen molar-refractivity contribution >= 4 is 0 Å². The molecule has 0 aliphatic heterocycles. The van der Waals surface area contributed by atoms with Crippen molar-refractivity contribution in [3.63, 3.8) is 0 Å². The molecular formula is C12H24N2. The van der Waals surface area contributed by atoms with Gasteiger partial charge in [-0.25, -0.2) is 0 Å². The average molecular weight is 196 g/mol. The van der Waals surface area contributed by atoms with E-state index in [4.69, 9.17) is 12.2 Å². The van der Waals surface area contributed by atoms with Crippen molar-refractivity contribution < 1.29 is 0 Å². The second kappa shape index (κ2) is 4.82. The zero-order valence-corrected chi connectivity index (χ0v) is 10.2. The minimum Gasteiger partial charge on any atom is -0.325 e. The van der Waals surface area contributed by atoms with E-state index in [1.54, 1.807) is 0 Å². The van der Waals surface area contributed by atoms with E-state index in [-0.39, 0.29) is 11.0 Å². The number of nitrogens with zero attached hydrogens (tertiary/aromatic N) is 1. The molecular weight excluding hydrogens is 172 g/mol. The molecule has 0 amide bonds. The smallest absolute Gasteiger partial charge is 0.0599 e. The number of terminal acetylenes is 1. The van der Waals surface area contributed by atoms with Gasteiger partial charge in [-0.15, -0.1) is 6.42 Å². The highest BCUT2D eigenvalue weighted by molar-refractivity contribution is 4.95. The Kier molecular flexibility index (Phi) is 4.64. The van der Waals surface area contributed by atoms with Gasteiger partial charge < -0.3 is 5.73 Å². The largest absolute Gasteiger partial charge is 0.325 e. The van der Waals surface area contributed by atoms with E-state index in [0.29, 0.717) is 6.54 Å². The molecule has 2 N–H and O–H groups in total. The van der Waals surface area contributed by atoms with Crippen molar-refractivity contribution in [1.82, 2.24) is 4.90 Å². The van der Waals surface area contributed by atoms with Crippen molar-refractivity contribution in [2.75, 3.05) is 19.6 Å². The maximum atomic E-state index is 6.13. The molecule has 0 rings (SSSR count). The van der Waals surface area contributed by atoms with E-state index in [0.717, 1.165) is 13.1 Å². The lowest BCUT2D eigenvalue weighted by Gasteiger charge is -2.41. The quantitative estimate of drug-likeness (QED) is 0.678. The summed E-state index contributed by atoms with van der Waals surface area (Å²) in [4.78, 5) is 2.24. The second-order valence-corrected chi connectivity index (χ2v) is 5.11. The highest BCUT2D eigenvalue weighted by atomic mass is 15.1. The molecule has 2 heteroatoms. The number of hydrogen-bond donors (Lipinski definition) is 1. The summed E-state index contributed by atoms with van der Waals surface area (Å²) in [5, 5.41) is 0. The molecule has 0 fully saturated rings. The van der Waals surface area contributed by atoms with Gasteiger partial charge in [-0.05, 0) is 25.8 Å². The highest BCUT2D eigenvalue weighted by Gasteiger charge is 2.34. The summed E-state index contributed by atoms with van der Waals surface area (Å²) in [6.07, 6.45) is 5.31. The average Bonchev–Trinajstić information content (AvgIpc) is 2.01. The van der Waals surface area contributed by atoms with Gasteiger partial charge in [0, 0.05) is 12.1 Å². The van der Waals surface area contributed by atoms with Crippen LogP contribution < -0.4 is 5.73 Å². The third-order valence-electron chi connectivity index (χ3n) is 3.13. The molecule has 0 aromatic rings. The third kappa shape index (κ3) is 3.69. The van der Waals surface area contributed by atoms with E-state index in [1.807, 2.05) is 0 Å². The van der Waals surface area contributed by atoms with Crippen molar-refractivity contribution in [3.05, 3.63) is 0 Å². The monoisotopic (exact) mass is 196 g/mol. The second-order valence-electron chi connectivity index (χ2n) is 5.11. The van der Waals surface area contributed by atoms with Crippen LogP contribution in [0.15, 0.2) is 0 Å². The van der Waals surface area contributed by atoms with Gasteiger partial charge in [-0.1, -0.05) is 26.7 Å². The van der Waals surface area contributed by atoms with Crippen LogP contribution in [-0.2, 0) is 0 Å². The summed E-state index contributed by atoms with van der Waals surface area (Å²) >= 11 is 0. The first-order chi connectivity index (χ1) is 6.24.